The van der Waals surface area contributed by atoms with Gasteiger partial charge in [-0.2, -0.15) is 0 Å². The Bertz CT molecular complexity index is 1570. The number of halogens is 3. The van der Waals surface area contributed by atoms with Crippen molar-refractivity contribution in [3.8, 4) is 11.3 Å². The van der Waals surface area contributed by atoms with Gasteiger partial charge in [-0.15, -0.1) is 0 Å². The number of aromatic nitrogens is 2. The molecule has 0 spiro atoms. The van der Waals surface area contributed by atoms with Crippen LogP contribution in [0.2, 0.25) is 15.1 Å². The second kappa shape index (κ2) is 9.36. The average Bonchev–Trinajstić information content (AvgIpc) is 2.83. The summed E-state index contributed by atoms with van der Waals surface area (Å²) in [4.78, 5) is 36.5. The first-order valence-corrected chi connectivity index (χ1v) is 11.8. The first-order valence-electron chi connectivity index (χ1n) is 10.2. The molecule has 1 aliphatic heterocycles. The van der Waals surface area contributed by atoms with Crippen molar-refractivity contribution in [2.24, 2.45) is 0 Å². The van der Waals surface area contributed by atoms with E-state index in [1.807, 2.05) is 18.2 Å². The number of carbonyl (C=O) groups is 2. The predicted octanol–water partition coefficient (Wildman–Crippen LogP) is 6.09. The molecule has 0 unspecified atom stereocenters. The van der Waals surface area contributed by atoms with Gasteiger partial charge in [-0.3, -0.25) is 19.8 Å². The highest BCUT2D eigenvalue weighted by Crippen LogP contribution is 2.33. The fourth-order valence-electron chi connectivity index (χ4n) is 3.65. The minimum atomic E-state index is -0.649. The molecule has 1 aromatic heterocycles. The molecule has 1 saturated heterocycles. The van der Waals surface area contributed by atoms with Crippen LogP contribution in [0.15, 0.2) is 72.3 Å². The molecule has 0 atom stereocenters. The standard InChI is InChI=1S/C25H13Cl3N4O2S/c26-13-5-8-15(9-6-13)32-24(34)18(23(33)31-25(32)35)12-21-29-20-10-7-14(27)11-17(20)22(30-21)16-3-1-2-4-19(16)28/h1-12H,(H,31,33,35)/b18-12+. The summed E-state index contributed by atoms with van der Waals surface area (Å²) in [5, 5.41) is 4.68. The molecule has 172 valence electrons. The fourth-order valence-corrected chi connectivity index (χ4v) is 4.46. The Balaban J connectivity index is 1.66. The fraction of sp³-hybridized carbons (Fsp3) is 0. The minimum absolute atomic E-state index is 0.0368. The molecule has 10 heteroatoms. The first kappa shape index (κ1) is 23.4. The van der Waals surface area contributed by atoms with Crippen LogP contribution in [-0.2, 0) is 9.59 Å². The summed E-state index contributed by atoms with van der Waals surface area (Å²) in [6, 6.07) is 18.9. The van der Waals surface area contributed by atoms with E-state index in [1.54, 1.807) is 48.5 Å². The third-order valence-electron chi connectivity index (χ3n) is 5.26. The largest absolute Gasteiger partial charge is 0.298 e. The number of fused-ring (bicyclic) bond motifs is 1. The highest BCUT2D eigenvalue weighted by molar-refractivity contribution is 7.80. The Morgan fingerprint density at radius 2 is 1.60 bits per heavy atom. The number of carbonyl (C=O) groups excluding carboxylic acids is 2. The molecular formula is C25H13Cl3N4O2S. The van der Waals surface area contributed by atoms with Crippen LogP contribution >= 0.6 is 47.0 Å². The van der Waals surface area contributed by atoms with E-state index in [0.717, 1.165) is 0 Å². The number of hydrogen-bond donors (Lipinski definition) is 1. The molecule has 5 rings (SSSR count). The maximum absolute atomic E-state index is 13.3. The van der Waals surface area contributed by atoms with E-state index in [9.17, 15) is 9.59 Å². The lowest BCUT2D eigenvalue weighted by atomic mass is 10.1. The number of benzene rings is 3. The van der Waals surface area contributed by atoms with Crippen LogP contribution in [0.3, 0.4) is 0 Å². The number of amides is 2. The van der Waals surface area contributed by atoms with Crippen molar-refractivity contribution in [1.29, 1.82) is 0 Å². The molecular weight excluding hydrogens is 527 g/mol. The van der Waals surface area contributed by atoms with Gasteiger partial charge in [0.2, 0.25) is 0 Å². The lowest BCUT2D eigenvalue weighted by Crippen LogP contribution is -2.54. The van der Waals surface area contributed by atoms with Gasteiger partial charge >= 0.3 is 0 Å². The van der Waals surface area contributed by atoms with Gasteiger partial charge in [0.15, 0.2) is 10.9 Å². The molecule has 6 nitrogen and oxygen atoms in total. The molecule has 3 aromatic carbocycles. The predicted molar refractivity (Wildman–Crippen MR) is 143 cm³/mol. The summed E-state index contributed by atoms with van der Waals surface area (Å²) < 4.78 is 0. The van der Waals surface area contributed by atoms with Crippen LogP contribution in [0.25, 0.3) is 28.2 Å². The summed E-state index contributed by atoms with van der Waals surface area (Å²) in [7, 11) is 0. The van der Waals surface area contributed by atoms with E-state index >= 15 is 0 Å². The Kier molecular flexibility index (Phi) is 6.25. The SMILES string of the molecule is O=C1NC(=S)N(c2ccc(Cl)cc2)C(=O)/C1=C/c1nc(-c2ccccc2Cl)c2cc(Cl)ccc2n1. The number of rotatable bonds is 3. The van der Waals surface area contributed by atoms with Crippen LogP contribution in [0.4, 0.5) is 5.69 Å². The zero-order valence-corrected chi connectivity index (χ0v) is 20.7. The number of hydrogen-bond acceptors (Lipinski definition) is 5. The topological polar surface area (TPSA) is 75.2 Å². The molecule has 4 aromatic rings. The number of nitrogens with zero attached hydrogens (tertiary/aromatic N) is 3. The molecule has 0 aliphatic carbocycles. The van der Waals surface area contributed by atoms with E-state index in [4.69, 9.17) is 47.0 Å². The van der Waals surface area contributed by atoms with Crippen LogP contribution < -0.4 is 10.2 Å². The van der Waals surface area contributed by atoms with E-state index in [-0.39, 0.29) is 16.5 Å². The van der Waals surface area contributed by atoms with Gasteiger partial charge < -0.3 is 0 Å². The van der Waals surface area contributed by atoms with Gasteiger partial charge in [0.25, 0.3) is 11.8 Å². The summed E-state index contributed by atoms with van der Waals surface area (Å²) in [5.41, 5.74) is 2.03. The molecule has 2 heterocycles. The van der Waals surface area contributed by atoms with Crippen LogP contribution in [0, 0.1) is 0 Å². The maximum Gasteiger partial charge on any atom is 0.270 e. The average molecular weight is 540 g/mol. The highest BCUT2D eigenvalue weighted by Gasteiger charge is 2.34. The smallest absolute Gasteiger partial charge is 0.270 e. The van der Waals surface area contributed by atoms with Gasteiger partial charge in [-0.25, -0.2) is 9.97 Å². The number of thiocarbonyl (C=S) groups is 1. The highest BCUT2D eigenvalue weighted by atomic mass is 35.5. The lowest BCUT2D eigenvalue weighted by Gasteiger charge is -2.28. The van der Waals surface area contributed by atoms with Crippen molar-refractivity contribution in [1.82, 2.24) is 15.3 Å². The minimum Gasteiger partial charge on any atom is -0.298 e. The van der Waals surface area contributed by atoms with Crippen molar-refractivity contribution in [2.75, 3.05) is 4.90 Å². The molecule has 0 bridgehead atoms. The maximum atomic E-state index is 13.3. The molecule has 35 heavy (non-hydrogen) atoms. The van der Waals surface area contributed by atoms with Crippen molar-refractivity contribution in [3.63, 3.8) is 0 Å². The molecule has 1 N–H and O–H groups in total. The van der Waals surface area contributed by atoms with Crippen molar-refractivity contribution < 1.29 is 9.59 Å². The van der Waals surface area contributed by atoms with E-state index in [1.165, 1.54) is 11.0 Å². The summed E-state index contributed by atoms with van der Waals surface area (Å²) in [6.07, 6.45) is 1.33. The summed E-state index contributed by atoms with van der Waals surface area (Å²) >= 11 is 23.9. The molecule has 0 saturated carbocycles. The Morgan fingerprint density at radius 1 is 0.886 bits per heavy atom. The van der Waals surface area contributed by atoms with Crippen LogP contribution in [0.1, 0.15) is 5.82 Å². The third-order valence-corrected chi connectivity index (χ3v) is 6.37. The summed E-state index contributed by atoms with van der Waals surface area (Å²) in [5.74, 6) is -1.11. The van der Waals surface area contributed by atoms with E-state index in [0.29, 0.717) is 42.9 Å². The Labute approximate surface area is 220 Å². The molecule has 2 amide bonds. The van der Waals surface area contributed by atoms with Crippen LogP contribution in [-0.4, -0.2) is 26.9 Å². The van der Waals surface area contributed by atoms with Crippen molar-refractivity contribution >= 4 is 86.6 Å². The Morgan fingerprint density at radius 3 is 2.34 bits per heavy atom. The zero-order chi connectivity index (χ0) is 24.7. The monoisotopic (exact) mass is 538 g/mol. The second-order valence-electron chi connectivity index (χ2n) is 7.51. The van der Waals surface area contributed by atoms with Crippen molar-refractivity contribution in [3.05, 3.63) is 93.2 Å². The molecule has 1 fully saturated rings. The zero-order valence-electron chi connectivity index (χ0n) is 17.6. The van der Waals surface area contributed by atoms with Gasteiger partial charge in [0.05, 0.1) is 16.9 Å². The van der Waals surface area contributed by atoms with Gasteiger partial charge in [-0.1, -0.05) is 53.0 Å². The number of nitrogens with one attached hydrogen (secondary N) is 1. The Hall–Kier alpha value is -3.36. The lowest BCUT2D eigenvalue weighted by molar-refractivity contribution is -0.122. The van der Waals surface area contributed by atoms with Gasteiger partial charge in [0, 0.05) is 32.1 Å². The second-order valence-corrected chi connectivity index (χ2v) is 9.17. The molecule has 1 aliphatic rings. The first-order chi connectivity index (χ1) is 16.8. The van der Waals surface area contributed by atoms with Crippen molar-refractivity contribution in [2.45, 2.75) is 0 Å². The quantitative estimate of drug-likeness (QED) is 0.194. The number of anilines is 1. The normalized spacial score (nSPS) is 15.1. The van der Waals surface area contributed by atoms with Gasteiger partial charge in [0.1, 0.15) is 5.57 Å². The van der Waals surface area contributed by atoms with Gasteiger partial charge in [-0.05, 0) is 60.7 Å². The third kappa shape index (κ3) is 4.51. The van der Waals surface area contributed by atoms with Crippen LogP contribution in [0.5, 0.6) is 0 Å². The summed E-state index contributed by atoms with van der Waals surface area (Å²) in [6.45, 7) is 0. The van der Waals surface area contributed by atoms with E-state index < -0.39 is 11.8 Å². The van der Waals surface area contributed by atoms with E-state index in [2.05, 4.69) is 15.3 Å². The molecule has 0 radical (unpaired) electrons.